The molecule has 0 bridgehead atoms. The second kappa shape index (κ2) is 5.48. The van der Waals surface area contributed by atoms with E-state index in [1.54, 1.807) is 0 Å². The van der Waals surface area contributed by atoms with Crippen molar-refractivity contribution in [2.45, 2.75) is 20.3 Å². The number of rotatable bonds is 5. The molecule has 1 unspecified atom stereocenters. The fraction of sp³-hybridized carbons (Fsp3) is 0.571. The van der Waals surface area contributed by atoms with Gasteiger partial charge >= 0.3 is 0 Å². The molecular formula is C14H22N2O2. The summed E-state index contributed by atoms with van der Waals surface area (Å²) in [6.07, 6.45) is 1.10. The Bertz CT molecular complexity index is 421. The Morgan fingerprint density at radius 3 is 2.67 bits per heavy atom. The van der Waals surface area contributed by atoms with Crippen LogP contribution in [-0.4, -0.2) is 26.9 Å². The molecule has 1 aliphatic heterocycles. The minimum Gasteiger partial charge on any atom is -0.454 e. The minimum atomic E-state index is 0.326. The van der Waals surface area contributed by atoms with Gasteiger partial charge in [-0.25, -0.2) is 0 Å². The van der Waals surface area contributed by atoms with Crippen molar-refractivity contribution in [1.29, 1.82) is 0 Å². The molecule has 2 N–H and O–H groups in total. The van der Waals surface area contributed by atoms with Gasteiger partial charge in [0, 0.05) is 25.3 Å². The first-order valence-corrected chi connectivity index (χ1v) is 6.43. The normalized spacial score (nSPS) is 14.7. The lowest BCUT2D eigenvalue weighted by Gasteiger charge is -2.23. The summed E-state index contributed by atoms with van der Waals surface area (Å²) in [6, 6.07) is 4.10. The topological polar surface area (TPSA) is 47.7 Å². The van der Waals surface area contributed by atoms with E-state index in [4.69, 9.17) is 15.2 Å². The molecule has 0 aliphatic carbocycles. The number of benzene rings is 1. The Morgan fingerprint density at radius 2 is 2.00 bits per heavy atom. The van der Waals surface area contributed by atoms with Crippen molar-refractivity contribution in [3.8, 4) is 11.5 Å². The van der Waals surface area contributed by atoms with Crippen molar-refractivity contribution in [3.05, 3.63) is 17.7 Å². The number of anilines is 1. The van der Waals surface area contributed by atoms with Gasteiger partial charge in [-0.15, -0.1) is 0 Å². The van der Waals surface area contributed by atoms with Gasteiger partial charge in [-0.05, 0) is 37.4 Å². The van der Waals surface area contributed by atoms with Crippen molar-refractivity contribution < 1.29 is 9.47 Å². The maximum Gasteiger partial charge on any atom is 0.231 e. The number of ether oxygens (including phenoxy) is 2. The number of hydrogen-bond donors (Lipinski definition) is 1. The lowest BCUT2D eigenvalue weighted by atomic mass is 10.1. The molecule has 1 aromatic carbocycles. The van der Waals surface area contributed by atoms with Crippen LogP contribution in [0.5, 0.6) is 11.5 Å². The van der Waals surface area contributed by atoms with Crippen LogP contribution in [0.2, 0.25) is 0 Å². The van der Waals surface area contributed by atoms with Crippen LogP contribution in [0.1, 0.15) is 18.9 Å². The highest BCUT2D eigenvalue weighted by molar-refractivity contribution is 5.61. The summed E-state index contributed by atoms with van der Waals surface area (Å²) < 4.78 is 10.8. The van der Waals surface area contributed by atoms with Gasteiger partial charge in [-0.2, -0.15) is 0 Å². The Labute approximate surface area is 109 Å². The summed E-state index contributed by atoms with van der Waals surface area (Å²) >= 11 is 0. The zero-order valence-corrected chi connectivity index (χ0v) is 11.4. The maximum absolute atomic E-state index is 5.65. The third-order valence-corrected chi connectivity index (χ3v) is 3.46. The fourth-order valence-electron chi connectivity index (χ4n) is 2.10. The van der Waals surface area contributed by atoms with Gasteiger partial charge < -0.3 is 20.1 Å². The van der Waals surface area contributed by atoms with E-state index in [0.29, 0.717) is 12.7 Å². The summed E-state index contributed by atoms with van der Waals surface area (Å²) in [5.74, 6) is 2.25. The van der Waals surface area contributed by atoms with E-state index in [-0.39, 0.29) is 0 Å². The first-order chi connectivity index (χ1) is 8.61. The second-order valence-corrected chi connectivity index (χ2v) is 5.04. The smallest absolute Gasteiger partial charge is 0.231 e. The van der Waals surface area contributed by atoms with E-state index in [9.17, 15) is 0 Å². The van der Waals surface area contributed by atoms with Crippen LogP contribution in [0.4, 0.5) is 5.69 Å². The Hall–Kier alpha value is -1.42. The van der Waals surface area contributed by atoms with Crippen molar-refractivity contribution in [2.75, 3.05) is 31.8 Å². The van der Waals surface area contributed by atoms with Crippen LogP contribution in [-0.2, 0) is 0 Å². The predicted molar refractivity (Wildman–Crippen MR) is 73.4 cm³/mol. The molecule has 0 saturated carbocycles. The van der Waals surface area contributed by atoms with Gasteiger partial charge in [-0.3, -0.25) is 0 Å². The number of aryl methyl sites for hydroxylation is 1. The molecule has 0 radical (unpaired) electrons. The molecule has 2 rings (SSSR count). The quantitative estimate of drug-likeness (QED) is 0.870. The van der Waals surface area contributed by atoms with Crippen LogP contribution < -0.4 is 20.1 Å². The highest BCUT2D eigenvalue weighted by Crippen LogP contribution is 2.37. The molecule has 0 saturated heterocycles. The monoisotopic (exact) mass is 250 g/mol. The summed E-state index contributed by atoms with van der Waals surface area (Å²) in [4.78, 5) is 2.25. The highest BCUT2D eigenvalue weighted by atomic mass is 16.7. The summed E-state index contributed by atoms with van der Waals surface area (Å²) in [6.45, 7) is 6.35. The van der Waals surface area contributed by atoms with Crippen molar-refractivity contribution >= 4 is 5.69 Å². The first-order valence-electron chi connectivity index (χ1n) is 6.43. The third-order valence-electron chi connectivity index (χ3n) is 3.46. The molecular weight excluding hydrogens is 228 g/mol. The lowest BCUT2D eigenvalue weighted by molar-refractivity contribution is 0.174. The molecule has 4 heteroatoms. The lowest BCUT2D eigenvalue weighted by Crippen LogP contribution is -2.23. The molecule has 0 aromatic heterocycles. The minimum absolute atomic E-state index is 0.326. The zero-order valence-electron chi connectivity index (χ0n) is 11.4. The standard InChI is InChI=1S/C14H22N2O2/c1-10(8-15)4-5-16(3)12-7-14-13(6-11(12)2)17-9-18-14/h6-7,10H,4-5,8-9,15H2,1-3H3. The Morgan fingerprint density at radius 1 is 1.33 bits per heavy atom. The van der Waals surface area contributed by atoms with Crippen LogP contribution in [0.3, 0.4) is 0 Å². The molecule has 1 heterocycles. The molecule has 1 aromatic rings. The summed E-state index contributed by atoms with van der Waals surface area (Å²) in [7, 11) is 2.10. The van der Waals surface area contributed by atoms with Gasteiger partial charge in [0.2, 0.25) is 6.79 Å². The predicted octanol–water partition coefficient (Wildman–Crippen LogP) is 2.14. The molecule has 1 aliphatic rings. The molecule has 0 spiro atoms. The Kier molecular flexibility index (Phi) is 3.97. The average molecular weight is 250 g/mol. The van der Waals surface area contributed by atoms with Crippen LogP contribution in [0.25, 0.3) is 0 Å². The number of nitrogens with two attached hydrogens (primary N) is 1. The molecule has 4 nitrogen and oxygen atoms in total. The van der Waals surface area contributed by atoms with Gasteiger partial charge in [-0.1, -0.05) is 6.92 Å². The first kappa shape index (κ1) is 13.0. The van der Waals surface area contributed by atoms with Crippen LogP contribution >= 0.6 is 0 Å². The largest absolute Gasteiger partial charge is 0.454 e. The van der Waals surface area contributed by atoms with Crippen molar-refractivity contribution in [2.24, 2.45) is 11.7 Å². The zero-order chi connectivity index (χ0) is 13.1. The van der Waals surface area contributed by atoms with Crippen LogP contribution in [0.15, 0.2) is 12.1 Å². The Balaban J connectivity index is 2.08. The molecule has 0 amide bonds. The maximum atomic E-state index is 5.65. The number of hydrogen-bond acceptors (Lipinski definition) is 4. The van der Waals surface area contributed by atoms with Crippen molar-refractivity contribution in [3.63, 3.8) is 0 Å². The highest BCUT2D eigenvalue weighted by Gasteiger charge is 2.17. The van der Waals surface area contributed by atoms with Crippen molar-refractivity contribution in [1.82, 2.24) is 0 Å². The number of nitrogens with zero attached hydrogens (tertiary/aromatic N) is 1. The van der Waals surface area contributed by atoms with Gasteiger partial charge in [0.25, 0.3) is 0 Å². The summed E-state index contributed by atoms with van der Waals surface area (Å²) in [5, 5.41) is 0. The van der Waals surface area contributed by atoms with Gasteiger partial charge in [0.15, 0.2) is 11.5 Å². The van der Waals surface area contributed by atoms with E-state index >= 15 is 0 Å². The SMILES string of the molecule is Cc1cc2c(cc1N(C)CCC(C)CN)OCO2. The van der Waals surface area contributed by atoms with E-state index < -0.39 is 0 Å². The fourth-order valence-corrected chi connectivity index (χ4v) is 2.10. The molecule has 0 fully saturated rings. The van der Waals surface area contributed by atoms with Crippen LogP contribution in [0, 0.1) is 12.8 Å². The number of fused-ring (bicyclic) bond motifs is 1. The van der Waals surface area contributed by atoms with E-state index in [1.807, 2.05) is 6.07 Å². The van der Waals surface area contributed by atoms with E-state index in [1.165, 1.54) is 11.3 Å². The molecule has 1 atom stereocenters. The average Bonchev–Trinajstić information content (AvgIpc) is 2.81. The van der Waals surface area contributed by atoms with E-state index in [0.717, 1.165) is 31.0 Å². The summed E-state index contributed by atoms with van der Waals surface area (Å²) in [5.41, 5.74) is 8.05. The third kappa shape index (κ3) is 2.70. The molecule has 18 heavy (non-hydrogen) atoms. The van der Waals surface area contributed by atoms with Gasteiger partial charge in [0.1, 0.15) is 0 Å². The van der Waals surface area contributed by atoms with E-state index in [2.05, 4.69) is 31.9 Å². The second-order valence-electron chi connectivity index (χ2n) is 5.04. The molecule has 100 valence electrons. The van der Waals surface area contributed by atoms with Gasteiger partial charge in [0.05, 0.1) is 0 Å².